The van der Waals surface area contributed by atoms with E-state index < -0.39 is 29.6 Å². The molecule has 2 fully saturated rings. The molecule has 0 saturated carbocycles. The van der Waals surface area contributed by atoms with Crippen molar-refractivity contribution in [1.29, 1.82) is 0 Å². The van der Waals surface area contributed by atoms with Gasteiger partial charge in [-0.25, -0.2) is 0 Å². The highest BCUT2D eigenvalue weighted by Gasteiger charge is 2.47. The van der Waals surface area contributed by atoms with E-state index in [2.05, 4.69) is 4.90 Å². The van der Waals surface area contributed by atoms with E-state index in [1.807, 2.05) is 0 Å². The lowest BCUT2D eigenvalue weighted by Gasteiger charge is -2.26. The van der Waals surface area contributed by atoms with Gasteiger partial charge in [0.2, 0.25) is 0 Å². The maximum atomic E-state index is 12.7. The second-order valence-corrected chi connectivity index (χ2v) is 7.18. The molecule has 3 rings (SSSR count). The summed E-state index contributed by atoms with van der Waals surface area (Å²) in [7, 11) is 3.02. The molecular formula is C21H27NO7. The minimum Gasteiger partial charge on any atom is -0.497 e. The van der Waals surface area contributed by atoms with Gasteiger partial charge in [0, 0.05) is 25.1 Å². The number of morpholine rings is 1. The Morgan fingerprint density at radius 1 is 1.17 bits per heavy atom. The number of ketones is 2. The summed E-state index contributed by atoms with van der Waals surface area (Å²) in [6, 6.07) is 5.07. The fourth-order valence-corrected chi connectivity index (χ4v) is 3.69. The fraction of sp³-hybridized carbons (Fsp3) is 0.571. The summed E-state index contributed by atoms with van der Waals surface area (Å²) < 4.78 is 21.0. The molecule has 0 spiro atoms. The summed E-state index contributed by atoms with van der Waals surface area (Å²) in [6.07, 6.45) is 0.194. The molecule has 0 aliphatic carbocycles. The second-order valence-electron chi connectivity index (χ2n) is 7.18. The van der Waals surface area contributed by atoms with Crippen LogP contribution in [0.25, 0.3) is 0 Å². The van der Waals surface area contributed by atoms with Crippen molar-refractivity contribution < 1.29 is 33.3 Å². The van der Waals surface area contributed by atoms with Crippen molar-refractivity contribution in [3.8, 4) is 11.5 Å². The normalized spacial score (nSPS) is 22.4. The van der Waals surface area contributed by atoms with Crippen LogP contribution in [0.5, 0.6) is 11.5 Å². The molecule has 0 N–H and O–H groups in total. The molecule has 0 bridgehead atoms. The summed E-state index contributed by atoms with van der Waals surface area (Å²) in [5, 5.41) is 0. The molecule has 0 aromatic heterocycles. The average Bonchev–Trinajstić information content (AvgIpc) is 3.02. The lowest BCUT2D eigenvalue weighted by molar-refractivity contribution is -0.146. The zero-order valence-corrected chi connectivity index (χ0v) is 16.8. The van der Waals surface area contributed by atoms with E-state index in [9.17, 15) is 14.4 Å². The van der Waals surface area contributed by atoms with Crippen LogP contribution in [0.4, 0.5) is 0 Å². The summed E-state index contributed by atoms with van der Waals surface area (Å²) >= 11 is 0. The highest BCUT2D eigenvalue weighted by atomic mass is 16.6. The molecule has 2 atom stereocenters. The lowest BCUT2D eigenvalue weighted by Crippen LogP contribution is -2.37. The first-order valence-corrected chi connectivity index (χ1v) is 9.81. The zero-order valence-electron chi connectivity index (χ0n) is 16.8. The standard InChI is InChI=1S/C21H27NO7/c1-26-15-5-6-17(27-2)14(12-15)13-16(23)19-20(24)18(29-21(19)25)4-3-7-22-8-10-28-11-9-22/h5-6,12,18-19H,3-4,7-11,13H2,1-2H3. The van der Waals surface area contributed by atoms with Crippen molar-refractivity contribution in [3.05, 3.63) is 23.8 Å². The van der Waals surface area contributed by atoms with Gasteiger partial charge in [-0.2, -0.15) is 0 Å². The van der Waals surface area contributed by atoms with Crippen LogP contribution in [-0.2, 0) is 30.3 Å². The monoisotopic (exact) mass is 405 g/mol. The molecule has 2 saturated heterocycles. The van der Waals surface area contributed by atoms with Crippen LogP contribution in [0, 0.1) is 5.92 Å². The average molecular weight is 405 g/mol. The van der Waals surface area contributed by atoms with Crippen molar-refractivity contribution >= 4 is 17.5 Å². The van der Waals surface area contributed by atoms with Crippen LogP contribution in [0.15, 0.2) is 18.2 Å². The van der Waals surface area contributed by atoms with Gasteiger partial charge in [0.15, 0.2) is 23.6 Å². The number of Topliss-reactive ketones (excluding diaryl/α,β-unsaturated/α-hetero) is 2. The summed E-state index contributed by atoms with van der Waals surface area (Å²) in [4.78, 5) is 39.9. The van der Waals surface area contributed by atoms with Gasteiger partial charge < -0.3 is 18.9 Å². The smallest absolute Gasteiger partial charge is 0.325 e. The number of hydrogen-bond acceptors (Lipinski definition) is 8. The Morgan fingerprint density at radius 3 is 2.62 bits per heavy atom. The van der Waals surface area contributed by atoms with Crippen molar-refractivity contribution in [2.45, 2.75) is 25.4 Å². The number of hydrogen-bond donors (Lipinski definition) is 0. The highest BCUT2D eigenvalue weighted by molar-refractivity contribution is 6.22. The molecule has 158 valence electrons. The minimum absolute atomic E-state index is 0.105. The van der Waals surface area contributed by atoms with Crippen molar-refractivity contribution in [1.82, 2.24) is 4.90 Å². The molecule has 2 aliphatic heterocycles. The second kappa shape index (κ2) is 9.84. The van der Waals surface area contributed by atoms with E-state index >= 15 is 0 Å². The fourth-order valence-electron chi connectivity index (χ4n) is 3.69. The predicted molar refractivity (Wildman–Crippen MR) is 103 cm³/mol. The number of cyclic esters (lactones) is 1. The molecule has 8 nitrogen and oxygen atoms in total. The third-order valence-electron chi connectivity index (χ3n) is 5.31. The van der Waals surface area contributed by atoms with Crippen molar-refractivity contribution in [3.63, 3.8) is 0 Å². The zero-order chi connectivity index (χ0) is 20.8. The molecule has 8 heteroatoms. The van der Waals surface area contributed by atoms with Gasteiger partial charge in [0.05, 0.1) is 27.4 Å². The molecule has 2 unspecified atom stereocenters. The van der Waals surface area contributed by atoms with E-state index in [1.54, 1.807) is 18.2 Å². The Labute approximate surface area is 170 Å². The maximum Gasteiger partial charge on any atom is 0.325 e. The topological polar surface area (TPSA) is 91.4 Å². The van der Waals surface area contributed by atoms with Crippen LogP contribution < -0.4 is 9.47 Å². The molecule has 0 amide bonds. The Bertz CT molecular complexity index is 757. The van der Waals surface area contributed by atoms with E-state index in [0.29, 0.717) is 43.1 Å². The SMILES string of the molecule is COc1ccc(OC)c(CC(=O)C2C(=O)OC(CCCN3CCOCC3)C2=O)c1. The first-order chi connectivity index (χ1) is 14.0. The Balaban J connectivity index is 1.58. The number of benzene rings is 1. The van der Waals surface area contributed by atoms with E-state index in [1.165, 1.54) is 14.2 Å². The summed E-state index contributed by atoms with van der Waals surface area (Å²) in [6.45, 7) is 3.96. The molecular weight excluding hydrogens is 378 g/mol. The van der Waals surface area contributed by atoms with Crippen LogP contribution >= 0.6 is 0 Å². The van der Waals surface area contributed by atoms with Gasteiger partial charge in [-0.05, 0) is 37.6 Å². The van der Waals surface area contributed by atoms with Crippen LogP contribution in [0.1, 0.15) is 18.4 Å². The Morgan fingerprint density at radius 2 is 1.93 bits per heavy atom. The van der Waals surface area contributed by atoms with Crippen molar-refractivity contribution in [2.24, 2.45) is 5.92 Å². The first-order valence-electron chi connectivity index (χ1n) is 9.81. The summed E-state index contributed by atoms with van der Waals surface area (Å²) in [5.41, 5.74) is 0.563. The molecule has 1 aromatic rings. The molecule has 0 radical (unpaired) electrons. The van der Waals surface area contributed by atoms with Gasteiger partial charge in [0.1, 0.15) is 11.5 Å². The number of esters is 1. The van der Waals surface area contributed by atoms with Crippen LogP contribution in [-0.4, -0.2) is 75.6 Å². The number of rotatable bonds is 9. The van der Waals surface area contributed by atoms with E-state index in [4.69, 9.17) is 18.9 Å². The molecule has 2 aliphatic rings. The molecule has 29 heavy (non-hydrogen) atoms. The number of nitrogens with zero attached hydrogens (tertiary/aromatic N) is 1. The number of methoxy groups -OCH3 is 2. The van der Waals surface area contributed by atoms with Gasteiger partial charge >= 0.3 is 5.97 Å². The van der Waals surface area contributed by atoms with Crippen LogP contribution in [0.2, 0.25) is 0 Å². The number of ether oxygens (including phenoxy) is 4. The van der Waals surface area contributed by atoms with Crippen molar-refractivity contribution in [2.75, 3.05) is 47.1 Å². The van der Waals surface area contributed by atoms with E-state index in [0.717, 1.165) is 19.6 Å². The third-order valence-corrected chi connectivity index (χ3v) is 5.31. The lowest BCUT2D eigenvalue weighted by atomic mass is 9.92. The quantitative estimate of drug-likeness (QED) is 0.445. The third kappa shape index (κ3) is 5.13. The van der Waals surface area contributed by atoms with Crippen LogP contribution in [0.3, 0.4) is 0 Å². The predicted octanol–water partition coefficient (Wildman–Crippen LogP) is 1.04. The van der Waals surface area contributed by atoms with E-state index in [-0.39, 0.29) is 6.42 Å². The molecule has 2 heterocycles. The summed E-state index contributed by atoms with van der Waals surface area (Å²) in [5.74, 6) is -1.97. The number of carbonyl (C=O) groups excluding carboxylic acids is 3. The van der Waals surface area contributed by atoms with Gasteiger partial charge in [-0.3, -0.25) is 19.3 Å². The van der Waals surface area contributed by atoms with Gasteiger partial charge in [0.25, 0.3) is 0 Å². The first kappa shape index (κ1) is 21.3. The van der Waals surface area contributed by atoms with Gasteiger partial charge in [-0.15, -0.1) is 0 Å². The van der Waals surface area contributed by atoms with Gasteiger partial charge in [-0.1, -0.05) is 0 Å². The minimum atomic E-state index is -1.36. The Hall–Kier alpha value is -2.45. The maximum absolute atomic E-state index is 12.7. The largest absolute Gasteiger partial charge is 0.497 e. The highest BCUT2D eigenvalue weighted by Crippen LogP contribution is 2.28. The molecule has 1 aromatic carbocycles. The Kier molecular flexibility index (Phi) is 7.22. The number of carbonyl (C=O) groups is 3.